The fourth-order valence-electron chi connectivity index (χ4n) is 3.03. The van der Waals surface area contributed by atoms with Gasteiger partial charge in [0.05, 0.1) is 13.7 Å². The van der Waals surface area contributed by atoms with Gasteiger partial charge in [0.1, 0.15) is 10.6 Å². The van der Waals surface area contributed by atoms with Gasteiger partial charge in [-0.15, -0.1) is 11.3 Å². The molecule has 0 aliphatic heterocycles. The molecule has 6 heteroatoms. The molecular weight excluding hydrogens is 372 g/mol. The lowest BCUT2D eigenvalue weighted by Gasteiger charge is -2.14. The molecule has 0 bridgehead atoms. The minimum atomic E-state index is -0.436. The number of anilines is 1. The monoisotopic (exact) mass is 395 g/mol. The summed E-state index contributed by atoms with van der Waals surface area (Å²) in [7, 11) is 1.85. The maximum absolute atomic E-state index is 12.9. The highest BCUT2D eigenvalue weighted by Gasteiger charge is 2.27. The largest absolute Gasteiger partial charge is 0.462 e. The van der Waals surface area contributed by atoms with Gasteiger partial charge in [-0.05, 0) is 12.5 Å². The van der Waals surface area contributed by atoms with E-state index < -0.39 is 12.0 Å². The van der Waals surface area contributed by atoms with E-state index in [4.69, 9.17) is 4.74 Å². The number of amides is 1. The molecule has 0 fully saturated rings. The fraction of sp³-hybridized carbons (Fsp3) is 0.182. The van der Waals surface area contributed by atoms with Gasteiger partial charge in [0.2, 0.25) is 0 Å². The molecule has 1 heterocycles. The van der Waals surface area contributed by atoms with E-state index in [2.05, 4.69) is 5.32 Å². The summed E-state index contributed by atoms with van der Waals surface area (Å²) in [6.07, 6.45) is 0. The Balaban J connectivity index is 1.94. The lowest BCUT2D eigenvalue weighted by Crippen LogP contribution is -2.83. The van der Waals surface area contributed by atoms with Crippen LogP contribution in [0.25, 0.3) is 11.1 Å². The minimum Gasteiger partial charge on any atom is -0.462 e. The number of benzene rings is 2. The Hall–Kier alpha value is -2.96. The molecule has 5 nitrogen and oxygen atoms in total. The first-order chi connectivity index (χ1) is 13.7. The van der Waals surface area contributed by atoms with Crippen LogP contribution in [0.5, 0.6) is 0 Å². The Kier molecular flexibility index (Phi) is 6.57. The first-order valence-corrected chi connectivity index (χ1v) is 10.0. The van der Waals surface area contributed by atoms with Crippen LogP contribution in [-0.2, 0) is 9.53 Å². The number of quaternary nitrogens is 1. The molecule has 1 amide bonds. The van der Waals surface area contributed by atoms with Gasteiger partial charge < -0.3 is 15.4 Å². The highest BCUT2D eigenvalue weighted by molar-refractivity contribution is 7.15. The number of rotatable bonds is 7. The van der Waals surface area contributed by atoms with E-state index in [0.29, 0.717) is 10.6 Å². The number of esters is 1. The summed E-state index contributed by atoms with van der Waals surface area (Å²) in [6, 6.07) is 18.8. The highest BCUT2D eigenvalue weighted by atomic mass is 32.1. The zero-order chi connectivity index (χ0) is 19.9. The third-order valence-corrected chi connectivity index (χ3v) is 5.26. The van der Waals surface area contributed by atoms with Gasteiger partial charge in [0.25, 0.3) is 5.91 Å². The molecule has 3 N–H and O–H groups in total. The van der Waals surface area contributed by atoms with Gasteiger partial charge in [-0.25, -0.2) is 4.79 Å². The molecule has 0 spiro atoms. The Labute approximate surface area is 168 Å². The van der Waals surface area contributed by atoms with E-state index in [0.717, 1.165) is 16.7 Å². The van der Waals surface area contributed by atoms with Crippen LogP contribution in [0.4, 0.5) is 5.00 Å². The van der Waals surface area contributed by atoms with Crippen molar-refractivity contribution in [1.82, 2.24) is 0 Å². The van der Waals surface area contributed by atoms with Crippen molar-refractivity contribution < 1.29 is 19.6 Å². The number of carbonyl (C=O) groups is 2. The van der Waals surface area contributed by atoms with Gasteiger partial charge >= 0.3 is 5.97 Å². The Morgan fingerprint density at radius 2 is 1.71 bits per heavy atom. The van der Waals surface area contributed by atoms with Gasteiger partial charge in [-0.3, -0.25) is 4.79 Å². The zero-order valence-electron chi connectivity index (χ0n) is 15.8. The van der Waals surface area contributed by atoms with Crippen molar-refractivity contribution in [2.24, 2.45) is 0 Å². The van der Waals surface area contributed by atoms with E-state index >= 15 is 0 Å². The number of likely N-dealkylation sites (N-methyl/N-ethyl adjacent to an activating group) is 1. The molecule has 28 heavy (non-hydrogen) atoms. The number of hydrogen-bond acceptors (Lipinski definition) is 4. The molecule has 0 radical (unpaired) electrons. The summed E-state index contributed by atoms with van der Waals surface area (Å²) in [6.45, 7) is 2.04. The van der Waals surface area contributed by atoms with E-state index in [1.54, 1.807) is 6.92 Å². The van der Waals surface area contributed by atoms with Crippen LogP contribution >= 0.6 is 11.3 Å². The van der Waals surface area contributed by atoms with Crippen LogP contribution in [0.15, 0.2) is 66.0 Å². The zero-order valence-corrected chi connectivity index (χ0v) is 16.7. The molecule has 0 saturated heterocycles. The smallest absolute Gasteiger partial charge is 0.341 e. The van der Waals surface area contributed by atoms with Crippen LogP contribution in [0.1, 0.15) is 28.9 Å². The van der Waals surface area contributed by atoms with Crippen LogP contribution in [0, 0.1) is 0 Å². The summed E-state index contributed by atoms with van der Waals surface area (Å²) in [5.41, 5.74) is 2.97. The highest BCUT2D eigenvalue weighted by Crippen LogP contribution is 2.36. The first-order valence-electron chi connectivity index (χ1n) is 9.15. The van der Waals surface area contributed by atoms with Crippen LogP contribution in [0.2, 0.25) is 0 Å². The summed E-state index contributed by atoms with van der Waals surface area (Å²) in [4.78, 5) is 25.6. The van der Waals surface area contributed by atoms with E-state index in [9.17, 15) is 9.59 Å². The molecule has 0 aliphatic rings. The number of nitrogens with one attached hydrogen (secondary N) is 1. The average molecular weight is 396 g/mol. The molecule has 2 aromatic carbocycles. The maximum Gasteiger partial charge on any atom is 0.341 e. The topological polar surface area (TPSA) is 72.0 Å². The molecule has 3 aromatic rings. The summed E-state index contributed by atoms with van der Waals surface area (Å²) < 4.78 is 5.25. The Bertz CT molecular complexity index is 939. The standard InChI is InChI=1S/C22H22N2O3S/c1-3-27-22(26)18-17(15-10-6-4-7-11-15)14-28-21(18)24-20(25)19(23-2)16-12-8-5-9-13-16/h4-14,19,23H,3H2,1-2H3,(H,24,25)/p+1/t19-/m1/s1. The third-order valence-electron chi connectivity index (χ3n) is 4.37. The van der Waals surface area contributed by atoms with E-state index in [1.165, 1.54) is 11.3 Å². The van der Waals surface area contributed by atoms with Crippen molar-refractivity contribution in [3.05, 3.63) is 77.2 Å². The van der Waals surface area contributed by atoms with Gasteiger partial charge in [-0.1, -0.05) is 60.7 Å². The lowest BCUT2D eigenvalue weighted by atomic mass is 10.0. The van der Waals surface area contributed by atoms with Crippen LogP contribution in [-0.4, -0.2) is 25.5 Å². The molecule has 3 rings (SSSR count). The molecule has 0 saturated carbocycles. The summed E-state index contributed by atoms with van der Waals surface area (Å²) in [5.74, 6) is -0.615. The lowest BCUT2D eigenvalue weighted by molar-refractivity contribution is -0.656. The first kappa shape index (κ1) is 19.8. The normalized spacial score (nSPS) is 11.6. The molecule has 1 atom stereocenters. The van der Waals surface area contributed by atoms with Crippen molar-refractivity contribution in [2.45, 2.75) is 13.0 Å². The Morgan fingerprint density at radius 3 is 2.32 bits per heavy atom. The van der Waals surface area contributed by atoms with E-state index in [1.807, 2.05) is 78.4 Å². The summed E-state index contributed by atoms with van der Waals surface area (Å²) >= 11 is 1.33. The number of ether oxygens (including phenoxy) is 1. The van der Waals surface area contributed by atoms with Crippen molar-refractivity contribution in [3.8, 4) is 11.1 Å². The fourth-order valence-corrected chi connectivity index (χ4v) is 3.99. The second-order valence-corrected chi connectivity index (χ2v) is 7.03. The predicted molar refractivity (Wildman–Crippen MR) is 111 cm³/mol. The van der Waals surface area contributed by atoms with Crippen LogP contribution in [0.3, 0.4) is 0 Å². The van der Waals surface area contributed by atoms with Gasteiger partial charge in [-0.2, -0.15) is 0 Å². The molecule has 0 aliphatic carbocycles. The maximum atomic E-state index is 12.9. The number of carbonyl (C=O) groups excluding carboxylic acids is 2. The van der Waals surface area contributed by atoms with Crippen molar-refractivity contribution in [2.75, 3.05) is 19.0 Å². The Morgan fingerprint density at radius 1 is 1.07 bits per heavy atom. The van der Waals surface area contributed by atoms with Crippen molar-refractivity contribution in [3.63, 3.8) is 0 Å². The molecule has 144 valence electrons. The van der Waals surface area contributed by atoms with Gasteiger partial charge in [0.15, 0.2) is 6.04 Å². The van der Waals surface area contributed by atoms with Crippen molar-refractivity contribution >= 4 is 28.2 Å². The second kappa shape index (κ2) is 9.30. The molecular formula is C22H23N2O3S+. The summed E-state index contributed by atoms with van der Waals surface area (Å²) in [5, 5.41) is 7.17. The number of thiophene rings is 1. The third kappa shape index (κ3) is 4.30. The van der Waals surface area contributed by atoms with Crippen molar-refractivity contribution in [1.29, 1.82) is 0 Å². The number of hydrogen-bond donors (Lipinski definition) is 2. The predicted octanol–water partition coefficient (Wildman–Crippen LogP) is 3.46. The molecule has 1 aromatic heterocycles. The van der Waals surface area contributed by atoms with Gasteiger partial charge in [0, 0.05) is 16.5 Å². The SMILES string of the molecule is CCOC(=O)c1c(-c2ccccc2)csc1NC(=O)[C@H]([NH2+]C)c1ccccc1. The molecule has 0 unspecified atom stereocenters. The van der Waals surface area contributed by atoms with Crippen LogP contribution < -0.4 is 10.6 Å². The van der Waals surface area contributed by atoms with E-state index in [-0.39, 0.29) is 12.5 Å². The minimum absolute atomic E-state index is 0.180. The quantitative estimate of drug-likeness (QED) is 0.602. The second-order valence-electron chi connectivity index (χ2n) is 6.15. The number of nitrogens with two attached hydrogens (primary N) is 1. The average Bonchev–Trinajstić information content (AvgIpc) is 3.14.